The number of hydrogen-bond donors (Lipinski definition) is 3. The van der Waals surface area contributed by atoms with Gasteiger partial charge >= 0.3 is 25.0 Å². The number of morpholine rings is 2. The first-order valence-electron chi connectivity index (χ1n) is 33.3. The van der Waals surface area contributed by atoms with Crippen molar-refractivity contribution in [3.63, 3.8) is 0 Å². The number of carbonyl (C=O) groups is 5. The van der Waals surface area contributed by atoms with E-state index in [-0.39, 0.29) is 36.1 Å². The number of thiazole rings is 5. The minimum absolute atomic E-state index is 0. The zero-order chi connectivity index (χ0) is 77.3. The summed E-state index contributed by atoms with van der Waals surface area (Å²) in [6, 6.07) is 18.0. The van der Waals surface area contributed by atoms with Crippen LogP contribution in [0.2, 0.25) is 20.6 Å². The molecular formula is C71H79BBrCl4N13O13S5. The lowest BCUT2D eigenvalue weighted by Gasteiger charge is -2.26. The van der Waals surface area contributed by atoms with E-state index >= 15 is 0 Å². The van der Waals surface area contributed by atoms with Gasteiger partial charge in [-0.15, -0.1) is 45.3 Å². The van der Waals surface area contributed by atoms with E-state index in [9.17, 15) is 24.0 Å². The summed E-state index contributed by atoms with van der Waals surface area (Å²) in [6.45, 7) is 23.5. The fraction of sp³-hybridized carbons (Fsp3) is 0.366. The molecule has 108 heavy (non-hydrogen) atoms. The zero-order valence-corrected chi connectivity index (χ0v) is 68.0. The second kappa shape index (κ2) is 43.8. The van der Waals surface area contributed by atoms with E-state index in [1.54, 1.807) is 83.7 Å². The first-order valence-corrected chi connectivity index (χ1v) is 39.7. The molecule has 1 unspecified atom stereocenters. The quantitative estimate of drug-likeness (QED) is 0.0330. The van der Waals surface area contributed by atoms with E-state index in [1.165, 1.54) is 83.1 Å². The number of carboxylic acids is 1. The molecule has 0 radical (unpaired) electrons. The number of esters is 2. The summed E-state index contributed by atoms with van der Waals surface area (Å²) in [5.41, 5.74) is 7.13. The Kier molecular flexibility index (Phi) is 35.6. The number of likely N-dealkylation sites (tertiary alicyclic amines) is 1. The Hall–Kier alpha value is -7.45. The average Bonchev–Trinajstić information content (AvgIpc) is 1.68. The lowest BCUT2D eigenvalue weighted by atomic mass is 9.82. The van der Waals surface area contributed by atoms with Crippen LogP contribution < -0.4 is 10.2 Å². The van der Waals surface area contributed by atoms with Crippen LogP contribution in [-0.2, 0) is 18.9 Å². The maximum Gasteiger partial charge on any atom is 0.490 e. The molecule has 13 rings (SSSR count). The first-order chi connectivity index (χ1) is 51.3. The topological polar surface area (TPSA) is 331 Å². The fourth-order valence-electron chi connectivity index (χ4n) is 10.0. The second-order valence-corrected chi connectivity index (χ2v) is 31.0. The Labute approximate surface area is 674 Å². The molecule has 3 N–H and O–H groups in total. The third-order valence-corrected chi connectivity index (χ3v) is 22.8. The maximum atomic E-state index is 12.8. The van der Waals surface area contributed by atoms with E-state index < -0.39 is 13.1 Å². The number of aromatic nitrogens is 10. The summed E-state index contributed by atoms with van der Waals surface area (Å²) in [4.78, 5) is 110. The monoisotopic (exact) mass is 1710 g/mol. The van der Waals surface area contributed by atoms with Crippen LogP contribution in [0.1, 0.15) is 124 Å². The van der Waals surface area contributed by atoms with E-state index in [0.29, 0.717) is 156 Å². The van der Waals surface area contributed by atoms with E-state index in [0.717, 1.165) is 73.0 Å². The molecule has 0 bridgehead atoms. The summed E-state index contributed by atoms with van der Waals surface area (Å²) in [7, 11) is -1.47. The van der Waals surface area contributed by atoms with Crippen molar-refractivity contribution < 1.29 is 62.8 Å². The third kappa shape index (κ3) is 26.1. The van der Waals surface area contributed by atoms with Crippen molar-refractivity contribution in [3.8, 4) is 48.2 Å². The van der Waals surface area contributed by atoms with Crippen LogP contribution in [0.15, 0.2) is 95.6 Å². The number of aryl methyl sites for hydroxylation is 5. The molecule has 10 aromatic rings. The Morgan fingerprint density at radius 1 is 0.528 bits per heavy atom. The number of aromatic carboxylic acids is 1. The van der Waals surface area contributed by atoms with Crippen molar-refractivity contribution in [1.82, 2.24) is 64.5 Å². The molecule has 10 aromatic heterocycles. The summed E-state index contributed by atoms with van der Waals surface area (Å²) >= 11 is 32.4. The number of pyridine rings is 5. The summed E-state index contributed by atoms with van der Waals surface area (Å²) in [6.07, 6.45) is 11.6. The molecule has 3 aliphatic heterocycles. The Morgan fingerprint density at radius 2 is 0.907 bits per heavy atom. The lowest BCUT2D eigenvalue weighted by Crippen LogP contribution is -2.40. The molecule has 37 heteroatoms. The van der Waals surface area contributed by atoms with Crippen molar-refractivity contribution >= 4 is 161 Å². The van der Waals surface area contributed by atoms with Crippen molar-refractivity contribution in [2.45, 2.75) is 88.1 Å². The van der Waals surface area contributed by atoms with Gasteiger partial charge < -0.3 is 53.5 Å². The minimum atomic E-state index is -1.47. The van der Waals surface area contributed by atoms with E-state index in [1.807, 2.05) is 47.9 Å². The smallest absolute Gasteiger partial charge is 0.478 e. The Bertz CT molecular complexity index is 4550. The van der Waals surface area contributed by atoms with E-state index in [2.05, 4.69) is 77.6 Å². The molecule has 0 aromatic carbocycles. The highest BCUT2D eigenvalue weighted by molar-refractivity contribution is 9.11. The van der Waals surface area contributed by atoms with Gasteiger partial charge in [-0.3, -0.25) is 9.59 Å². The SMILES string of the molecule is C.CCOC(=O)c1sc(-c2ccc(Cl)nc2)nc1C.CCOC(=O)c1sc(Br)nc1C.Cc1nc(-c2ccc(Cl)nc2)sc1C(=O)N1CCOCC1.Cc1nc(-c2ccc(Cl)nc2)sc1C(=O)O.Cc1nc(-c2ccc(OCCCN3CCCC3C)nc2)sc1C(=O)N1CCOCC1.OB(O)c1ccc(Cl)nc1. The molecule has 3 saturated heterocycles. The molecule has 1 atom stereocenters. The zero-order valence-electron chi connectivity index (χ0n) is 59.3. The van der Waals surface area contributed by atoms with Gasteiger partial charge in [-0.05, 0) is 146 Å². The highest BCUT2D eigenvalue weighted by atomic mass is 79.9. The van der Waals surface area contributed by atoms with Crippen LogP contribution in [0.4, 0.5) is 0 Å². The predicted molar refractivity (Wildman–Crippen MR) is 428 cm³/mol. The van der Waals surface area contributed by atoms with Gasteiger partial charge in [0.1, 0.15) is 65.0 Å². The average molecular weight is 1720 g/mol. The Balaban J connectivity index is 0.000000187. The molecular weight excluding hydrogens is 1640 g/mol. The van der Waals surface area contributed by atoms with Gasteiger partial charge in [0.2, 0.25) is 5.88 Å². The number of nitrogens with zero attached hydrogens (tertiary/aromatic N) is 13. The maximum absolute atomic E-state index is 12.8. The van der Waals surface area contributed by atoms with Gasteiger partial charge in [0.25, 0.3) is 11.8 Å². The van der Waals surface area contributed by atoms with Crippen LogP contribution in [0.3, 0.4) is 0 Å². The molecule has 26 nitrogen and oxygen atoms in total. The van der Waals surface area contributed by atoms with Gasteiger partial charge in [-0.1, -0.05) is 71.2 Å². The molecule has 2 amide bonds. The number of ether oxygens (including phenoxy) is 5. The van der Waals surface area contributed by atoms with Gasteiger partial charge in [-0.2, -0.15) is 0 Å². The largest absolute Gasteiger partial charge is 0.490 e. The number of carboxylic acid groups (broad SMARTS) is 1. The number of rotatable bonds is 17. The Morgan fingerprint density at radius 3 is 1.25 bits per heavy atom. The third-order valence-electron chi connectivity index (χ3n) is 15.5. The number of carbonyl (C=O) groups excluding carboxylic acids is 4. The van der Waals surface area contributed by atoms with Crippen LogP contribution in [0.25, 0.3) is 42.3 Å². The standard InChI is InChI=1S/C22H30N4O3S.C14H14ClN3O2S.C12H11ClN2O2S.C10H7ClN2O2S.C7H8BrNO2S.C5H5BClNO2.CH4/c1-16-5-3-8-25(16)9-4-12-29-19-7-6-18(15-23-19)21-24-17(2)20(30-21)22(27)26-10-13-28-14-11-26;1-9-12(14(19)18-4-6-20-7-5-18)21-13(17-9)10-2-3-11(15)16-8-10;1-3-17-12(16)10-7(2)15-11(18-10)8-4-5-9(13)14-6-8;1-5-8(10(14)15)16-9(13-5)6-2-3-7(11)12-4-6;1-3-11-6(10)5-4(2)9-7(8)12-5;7-5-2-1-4(3-8-5)6(9)10;/h6-7,15-16H,3-5,8-14H2,1-2H3;2-3,8H,4-7H2,1H3;4-6H,3H2,1-2H3;2-4H,1H3,(H,14,15);3H2,1-2H3;1-3,9-10H;1H4. The second-order valence-electron chi connectivity index (χ2n) is 23.2. The van der Waals surface area contributed by atoms with Crippen molar-refractivity contribution in [3.05, 3.63) is 169 Å². The fourth-order valence-corrected chi connectivity index (χ4v) is 15.8. The highest BCUT2D eigenvalue weighted by Gasteiger charge is 2.27. The van der Waals surface area contributed by atoms with Gasteiger partial charge in [0.15, 0.2) is 3.92 Å². The molecule has 574 valence electrons. The molecule has 0 aliphatic carbocycles. The van der Waals surface area contributed by atoms with Gasteiger partial charge in [0, 0.05) is 104 Å². The predicted octanol–water partition coefficient (Wildman–Crippen LogP) is 14.5. The summed E-state index contributed by atoms with van der Waals surface area (Å²) < 4.78 is 26.9. The molecule has 0 saturated carbocycles. The van der Waals surface area contributed by atoms with Crippen LogP contribution in [0, 0.1) is 34.6 Å². The lowest BCUT2D eigenvalue weighted by molar-refractivity contribution is 0.0304. The number of amides is 2. The van der Waals surface area contributed by atoms with E-state index in [4.69, 9.17) is 85.2 Å². The van der Waals surface area contributed by atoms with Crippen LogP contribution in [0.5, 0.6) is 5.88 Å². The molecule has 3 fully saturated rings. The molecule has 13 heterocycles. The van der Waals surface area contributed by atoms with Gasteiger partial charge in [0.05, 0.1) is 74.7 Å². The van der Waals surface area contributed by atoms with Crippen molar-refractivity contribution in [2.24, 2.45) is 0 Å². The van der Waals surface area contributed by atoms with Crippen LogP contribution >= 0.6 is 119 Å². The van der Waals surface area contributed by atoms with Gasteiger partial charge in [-0.25, -0.2) is 64.2 Å². The summed E-state index contributed by atoms with van der Waals surface area (Å²) in [5.74, 6) is -0.880. The number of halogens is 5. The minimum Gasteiger partial charge on any atom is -0.478 e. The van der Waals surface area contributed by atoms with Crippen molar-refractivity contribution in [1.29, 1.82) is 0 Å². The van der Waals surface area contributed by atoms with Crippen LogP contribution in [-0.4, -0.2) is 208 Å². The van der Waals surface area contributed by atoms with Crippen molar-refractivity contribution in [2.75, 3.05) is 85.5 Å². The summed E-state index contributed by atoms with van der Waals surface area (Å²) in [5, 5.41) is 30.7. The number of hydrogen-bond acceptors (Lipinski definition) is 28. The molecule has 0 spiro atoms. The normalized spacial score (nSPS) is 13.8. The first kappa shape index (κ1) is 87.8. The molecule has 3 aliphatic rings. The highest BCUT2D eigenvalue weighted by Crippen LogP contribution is 2.34.